The van der Waals surface area contributed by atoms with Crippen LogP contribution in [-0.2, 0) is 5.41 Å². The van der Waals surface area contributed by atoms with Gasteiger partial charge in [0.25, 0.3) is 0 Å². The average molecular weight is 654 g/mol. The van der Waals surface area contributed by atoms with E-state index < -0.39 is 5.41 Å². The maximum absolute atomic E-state index is 6.22. The molecule has 9 aromatic rings. The predicted molar refractivity (Wildman–Crippen MR) is 212 cm³/mol. The lowest BCUT2D eigenvalue weighted by molar-refractivity contribution is 0.669. The first kappa shape index (κ1) is 30.4. The molecule has 0 saturated carbocycles. The molecule has 1 heterocycles. The highest BCUT2D eigenvalue weighted by atomic mass is 16.3. The SMILES string of the molecule is c1ccc(-c2ccc(N(c3ccc(C(c4ccccc4)(c4ccccc4)c4ccccc4)cc3)c3ccc4oc5ccccc5c4c3)cc2)cc1. The third-order valence-corrected chi connectivity index (χ3v) is 10.0. The van der Waals surface area contributed by atoms with Crippen molar-refractivity contribution in [1.82, 2.24) is 0 Å². The Labute approximate surface area is 298 Å². The van der Waals surface area contributed by atoms with Crippen molar-refractivity contribution in [3.8, 4) is 11.1 Å². The van der Waals surface area contributed by atoms with Crippen molar-refractivity contribution in [2.24, 2.45) is 0 Å². The van der Waals surface area contributed by atoms with Crippen LogP contribution in [0.2, 0.25) is 0 Å². The normalized spacial score (nSPS) is 11.5. The van der Waals surface area contributed by atoms with Gasteiger partial charge >= 0.3 is 0 Å². The summed E-state index contributed by atoms with van der Waals surface area (Å²) in [5.74, 6) is 0. The molecule has 0 atom stereocenters. The lowest BCUT2D eigenvalue weighted by Crippen LogP contribution is -2.31. The smallest absolute Gasteiger partial charge is 0.135 e. The fourth-order valence-corrected chi connectivity index (χ4v) is 7.66. The van der Waals surface area contributed by atoms with Crippen LogP contribution in [0.3, 0.4) is 0 Å². The van der Waals surface area contributed by atoms with E-state index in [4.69, 9.17) is 4.42 Å². The van der Waals surface area contributed by atoms with Crippen molar-refractivity contribution in [2.45, 2.75) is 5.41 Å². The van der Waals surface area contributed by atoms with Gasteiger partial charge in [0.1, 0.15) is 11.2 Å². The van der Waals surface area contributed by atoms with Gasteiger partial charge in [-0.1, -0.05) is 164 Å². The molecule has 0 radical (unpaired) electrons. The minimum absolute atomic E-state index is 0.515. The molecular formula is C49H35NO. The third kappa shape index (κ3) is 5.39. The molecule has 0 amide bonds. The van der Waals surface area contributed by atoms with E-state index in [2.05, 4.69) is 205 Å². The maximum atomic E-state index is 6.22. The zero-order chi connectivity index (χ0) is 34.0. The summed E-state index contributed by atoms with van der Waals surface area (Å²) in [7, 11) is 0. The van der Waals surface area contributed by atoms with Crippen LogP contribution in [0.4, 0.5) is 17.1 Å². The van der Waals surface area contributed by atoms with E-state index in [1.807, 2.05) is 12.1 Å². The summed E-state index contributed by atoms with van der Waals surface area (Å²) < 4.78 is 6.22. The molecular weight excluding hydrogens is 619 g/mol. The standard InChI is InChI=1S/C49H35NO/c1-5-15-36(16-6-1)37-25-29-42(30-26-37)50(44-33-34-48-46(35-44)45-23-13-14-24-47(45)51-48)43-31-27-41(28-32-43)49(38-17-7-2-8-18-38,39-19-9-3-10-20-39)40-21-11-4-12-22-40/h1-35H. The van der Waals surface area contributed by atoms with Crippen LogP contribution in [0, 0.1) is 0 Å². The fraction of sp³-hybridized carbons (Fsp3) is 0.0204. The largest absolute Gasteiger partial charge is 0.456 e. The van der Waals surface area contributed by atoms with Gasteiger partial charge in [-0.15, -0.1) is 0 Å². The number of furan rings is 1. The summed E-state index contributed by atoms with van der Waals surface area (Å²) in [5.41, 5.74) is 11.7. The molecule has 1 aromatic heterocycles. The zero-order valence-electron chi connectivity index (χ0n) is 28.1. The van der Waals surface area contributed by atoms with Gasteiger partial charge in [-0.05, 0) is 81.9 Å². The van der Waals surface area contributed by atoms with E-state index in [-0.39, 0.29) is 0 Å². The fourth-order valence-electron chi connectivity index (χ4n) is 7.66. The number of hydrogen-bond donors (Lipinski definition) is 0. The molecule has 0 fully saturated rings. The lowest BCUT2D eigenvalue weighted by atomic mass is 9.65. The van der Waals surface area contributed by atoms with Gasteiger partial charge in [-0.2, -0.15) is 0 Å². The summed E-state index contributed by atoms with van der Waals surface area (Å²) in [6.45, 7) is 0. The number of para-hydroxylation sites is 1. The number of nitrogens with zero attached hydrogens (tertiary/aromatic N) is 1. The minimum atomic E-state index is -0.515. The minimum Gasteiger partial charge on any atom is -0.456 e. The van der Waals surface area contributed by atoms with E-state index in [1.54, 1.807) is 0 Å². The zero-order valence-corrected chi connectivity index (χ0v) is 28.1. The Hall–Kier alpha value is -6.64. The van der Waals surface area contributed by atoms with E-state index in [0.29, 0.717) is 0 Å². The molecule has 0 N–H and O–H groups in total. The van der Waals surface area contributed by atoms with Gasteiger partial charge < -0.3 is 9.32 Å². The van der Waals surface area contributed by atoms with Crippen LogP contribution < -0.4 is 4.90 Å². The van der Waals surface area contributed by atoms with Crippen LogP contribution in [-0.4, -0.2) is 0 Å². The molecule has 2 nitrogen and oxygen atoms in total. The van der Waals surface area contributed by atoms with Crippen LogP contribution in [0.15, 0.2) is 217 Å². The molecule has 242 valence electrons. The first-order chi connectivity index (χ1) is 25.3. The number of rotatable bonds is 8. The van der Waals surface area contributed by atoms with Crippen molar-refractivity contribution in [3.05, 3.63) is 235 Å². The van der Waals surface area contributed by atoms with Crippen LogP contribution in [0.1, 0.15) is 22.3 Å². The highest BCUT2D eigenvalue weighted by molar-refractivity contribution is 6.06. The summed E-state index contributed by atoms with van der Waals surface area (Å²) in [6.07, 6.45) is 0. The van der Waals surface area contributed by atoms with Crippen LogP contribution in [0.5, 0.6) is 0 Å². The topological polar surface area (TPSA) is 16.4 Å². The summed E-state index contributed by atoms with van der Waals surface area (Å²) in [6, 6.07) is 75.9. The molecule has 0 bridgehead atoms. The highest BCUT2D eigenvalue weighted by Gasteiger charge is 2.38. The third-order valence-electron chi connectivity index (χ3n) is 10.0. The second-order valence-electron chi connectivity index (χ2n) is 12.9. The first-order valence-corrected chi connectivity index (χ1v) is 17.4. The van der Waals surface area contributed by atoms with Crippen molar-refractivity contribution in [2.75, 3.05) is 4.90 Å². The molecule has 0 aliphatic rings. The Morgan fingerprint density at radius 3 is 1.29 bits per heavy atom. The molecule has 8 aromatic carbocycles. The number of hydrogen-bond acceptors (Lipinski definition) is 2. The Morgan fingerprint density at radius 2 is 0.725 bits per heavy atom. The molecule has 0 saturated heterocycles. The first-order valence-electron chi connectivity index (χ1n) is 17.4. The van der Waals surface area contributed by atoms with Gasteiger partial charge in [0.2, 0.25) is 0 Å². The van der Waals surface area contributed by atoms with Gasteiger partial charge in [0.15, 0.2) is 0 Å². The van der Waals surface area contributed by atoms with Gasteiger partial charge in [-0.3, -0.25) is 0 Å². The van der Waals surface area contributed by atoms with E-state index in [1.165, 1.54) is 33.4 Å². The lowest BCUT2D eigenvalue weighted by Gasteiger charge is -2.37. The quantitative estimate of drug-likeness (QED) is 0.152. The van der Waals surface area contributed by atoms with Crippen molar-refractivity contribution in [3.63, 3.8) is 0 Å². The summed E-state index contributed by atoms with van der Waals surface area (Å²) in [4.78, 5) is 2.34. The molecule has 0 aliphatic heterocycles. The predicted octanol–water partition coefficient (Wildman–Crippen LogP) is 13.1. The molecule has 51 heavy (non-hydrogen) atoms. The number of fused-ring (bicyclic) bond motifs is 3. The maximum Gasteiger partial charge on any atom is 0.135 e. The molecule has 2 heteroatoms. The Kier molecular flexibility index (Phi) is 7.75. The Bertz CT molecular complexity index is 2440. The second kappa shape index (κ2) is 13.0. The summed E-state index contributed by atoms with van der Waals surface area (Å²) in [5, 5.41) is 2.21. The van der Waals surface area contributed by atoms with Gasteiger partial charge in [0, 0.05) is 27.8 Å². The summed E-state index contributed by atoms with van der Waals surface area (Å²) >= 11 is 0. The Balaban J connectivity index is 1.22. The average Bonchev–Trinajstić information content (AvgIpc) is 3.59. The van der Waals surface area contributed by atoms with Crippen LogP contribution >= 0.6 is 0 Å². The van der Waals surface area contributed by atoms with E-state index >= 15 is 0 Å². The molecule has 9 rings (SSSR count). The number of anilines is 3. The van der Waals surface area contributed by atoms with Crippen molar-refractivity contribution < 1.29 is 4.42 Å². The molecule has 0 unspecified atom stereocenters. The van der Waals surface area contributed by atoms with Crippen molar-refractivity contribution >= 4 is 39.0 Å². The van der Waals surface area contributed by atoms with Crippen molar-refractivity contribution in [1.29, 1.82) is 0 Å². The van der Waals surface area contributed by atoms with E-state index in [9.17, 15) is 0 Å². The number of benzene rings is 8. The Morgan fingerprint density at radius 1 is 0.314 bits per heavy atom. The second-order valence-corrected chi connectivity index (χ2v) is 12.9. The van der Waals surface area contributed by atoms with Gasteiger partial charge in [-0.25, -0.2) is 0 Å². The molecule has 0 spiro atoms. The monoisotopic (exact) mass is 653 g/mol. The molecule has 0 aliphatic carbocycles. The highest BCUT2D eigenvalue weighted by Crippen LogP contribution is 2.46. The van der Waals surface area contributed by atoms with Gasteiger partial charge in [0.05, 0.1) is 5.41 Å². The van der Waals surface area contributed by atoms with E-state index in [0.717, 1.165) is 39.0 Å². The van der Waals surface area contributed by atoms with Crippen LogP contribution in [0.25, 0.3) is 33.1 Å².